The molecule has 1 aromatic carbocycles. The Kier molecular flexibility index (Phi) is 3.34. The number of piperazine rings is 1. The van der Waals surface area contributed by atoms with Gasteiger partial charge < -0.3 is 14.9 Å². The van der Waals surface area contributed by atoms with Gasteiger partial charge in [0.05, 0.1) is 6.85 Å². The van der Waals surface area contributed by atoms with Gasteiger partial charge in [0.1, 0.15) is 18.1 Å². The van der Waals surface area contributed by atoms with E-state index >= 15 is 0 Å². The molecule has 1 aromatic rings. The van der Waals surface area contributed by atoms with Crippen molar-refractivity contribution in [3.8, 4) is 0 Å². The maximum Gasteiger partial charge on any atom is 0.326 e. The van der Waals surface area contributed by atoms with Gasteiger partial charge in [0.15, 0.2) is 0 Å². The zero-order chi connectivity index (χ0) is 23.5. The third kappa shape index (κ3) is 3.01. The number of carboxylic acids is 1. The molecule has 1 saturated carbocycles. The molecule has 5 atom stereocenters. The zero-order valence-corrected chi connectivity index (χ0v) is 15.2. The summed E-state index contributed by atoms with van der Waals surface area (Å²) < 4.78 is 39.4. The van der Waals surface area contributed by atoms with Crippen LogP contribution in [0.15, 0.2) is 30.2 Å². The lowest BCUT2D eigenvalue weighted by atomic mass is 9.97. The Morgan fingerprint density at radius 2 is 2.00 bits per heavy atom. The highest BCUT2D eigenvalue weighted by Crippen LogP contribution is 2.44. The quantitative estimate of drug-likeness (QED) is 0.855. The van der Waals surface area contributed by atoms with Crippen molar-refractivity contribution in [1.29, 1.82) is 0 Å². The molecule has 4 rings (SSSR count). The van der Waals surface area contributed by atoms with E-state index in [4.69, 9.17) is 6.85 Å². The second-order valence-electron chi connectivity index (χ2n) is 7.67. The number of aliphatic carboxylic acids is 1. The van der Waals surface area contributed by atoms with E-state index in [0.29, 0.717) is 6.42 Å². The van der Waals surface area contributed by atoms with Gasteiger partial charge in [0.25, 0.3) is 0 Å². The smallest absolute Gasteiger partial charge is 0.326 e. The molecular weight excluding hydrogens is 344 g/mol. The average molecular weight is 375 g/mol. The highest BCUT2D eigenvalue weighted by molar-refractivity contribution is 5.99. The molecule has 2 saturated heterocycles. The lowest BCUT2D eigenvalue weighted by molar-refractivity contribution is -0.168. The summed E-state index contributed by atoms with van der Waals surface area (Å²) in [5, 5.41) is 9.90. The van der Waals surface area contributed by atoms with Crippen molar-refractivity contribution in [1.82, 2.24) is 9.80 Å². The molecule has 0 radical (unpaired) electrons. The van der Waals surface area contributed by atoms with E-state index in [0.717, 1.165) is 24.2 Å². The first-order chi connectivity index (χ1) is 15.1. The summed E-state index contributed by atoms with van der Waals surface area (Å²) in [5.41, 5.74) is 0.00251. The van der Waals surface area contributed by atoms with Crippen LogP contribution in [0.4, 0.5) is 0 Å². The van der Waals surface area contributed by atoms with Crippen LogP contribution in [0.1, 0.15) is 51.4 Å². The van der Waals surface area contributed by atoms with Crippen molar-refractivity contribution in [3.05, 3.63) is 35.8 Å². The van der Waals surface area contributed by atoms with E-state index in [9.17, 15) is 19.5 Å². The van der Waals surface area contributed by atoms with Gasteiger partial charge in [-0.3, -0.25) is 9.59 Å². The van der Waals surface area contributed by atoms with Crippen LogP contribution in [0.3, 0.4) is 0 Å². The minimum atomic E-state index is -1.33. The normalized spacial score (nSPS) is 33.6. The SMILES string of the molecule is [2H]c1c([2H])c([2H])c(CC[C@H](C(=O)O)N2C(=O)[C@@H]3C[C@@H]4CCC[C@@H]4N3C(=O)[C@@H]2C)c([2H])c1[2H]. The summed E-state index contributed by atoms with van der Waals surface area (Å²) in [7, 11) is 0. The van der Waals surface area contributed by atoms with Crippen LogP contribution < -0.4 is 0 Å². The lowest BCUT2D eigenvalue weighted by Crippen LogP contribution is -2.66. The minimum absolute atomic E-state index is 0.00251. The molecule has 3 fully saturated rings. The molecule has 6 heteroatoms. The Labute approximate surface area is 166 Å². The molecule has 27 heavy (non-hydrogen) atoms. The summed E-state index contributed by atoms with van der Waals surface area (Å²) in [6.45, 7) is 1.54. The molecule has 0 aromatic heterocycles. The van der Waals surface area contributed by atoms with Gasteiger partial charge in [-0.15, -0.1) is 0 Å². The van der Waals surface area contributed by atoms with Crippen molar-refractivity contribution in [3.63, 3.8) is 0 Å². The van der Waals surface area contributed by atoms with Gasteiger partial charge in [-0.25, -0.2) is 4.79 Å². The maximum atomic E-state index is 13.3. The molecular formula is C21H26N2O4. The van der Waals surface area contributed by atoms with Crippen molar-refractivity contribution in [2.45, 2.75) is 69.6 Å². The van der Waals surface area contributed by atoms with Crippen LogP contribution in [-0.4, -0.2) is 56.9 Å². The number of hydrogen-bond acceptors (Lipinski definition) is 3. The van der Waals surface area contributed by atoms with E-state index < -0.39 is 42.2 Å². The first-order valence-corrected chi connectivity index (χ1v) is 9.49. The van der Waals surface area contributed by atoms with Gasteiger partial charge in [-0.2, -0.15) is 0 Å². The molecule has 0 unspecified atom stereocenters. The van der Waals surface area contributed by atoms with Crippen LogP contribution in [0, 0.1) is 5.92 Å². The number of amides is 2. The van der Waals surface area contributed by atoms with E-state index in [1.165, 1.54) is 0 Å². The predicted octanol–water partition coefficient (Wildman–Crippen LogP) is 2.07. The number of hydrogen-bond donors (Lipinski definition) is 1. The van der Waals surface area contributed by atoms with Crippen molar-refractivity contribution in [2.24, 2.45) is 5.92 Å². The first-order valence-electron chi connectivity index (χ1n) is 12.0. The highest BCUT2D eigenvalue weighted by atomic mass is 16.4. The monoisotopic (exact) mass is 375 g/mol. The molecule has 0 bridgehead atoms. The molecule has 3 aliphatic rings. The highest BCUT2D eigenvalue weighted by Gasteiger charge is 2.56. The lowest BCUT2D eigenvalue weighted by Gasteiger charge is -2.45. The fourth-order valence-electron chi connectivity index (χ4n) is 5.01. The third-order valence-corrected chi connectivity index (χ3v) is 6.25. The first kappa shape index (κ1) is 12.9. The van der Waals surface area contributed by atoms with Crippen molar-refractivity contribution in [2.75, 3.05) is 0 Å². The molecule has 1 N–H and O–H groups in total. The van der Waals surface area contributed by atoms with Crippen molar-refractivity contribution < 1.29 is 26.3 Å². The topological polar surface area (TPSA) is 77.9 Å². The molecule has 6 nitrogen and oxygen atoms in total. The Bertz CT molecular complexity index is 974. The van der Waals surface area contributed by atoms with E-state index in [2.05, 4.69) is 0 Å². The molecule has 2 heterocycles. The summed E-state index contributed by atoms with van der Waals surface area (Å²) in [6, 6.07) is -5.12. The van der Waals surface area contributed by atoms with Gasteiger partial charge in [0.2, 0.25) is 11.8 Å². The molecule has 144 valence electrons. The van der Waals surface area contributed by atoms with Crippen LogP contribution >= 0.6 is 0 Å². The summed E-state index contributed by atoms with van der Waals surface area (Å²) >= 11 is 0. The van der Waals surface area contributed by atoms with Crippen LogP contribution in [-0.2, 0) is 20.8 Å². The fraction of sp³-hybridized carbons (Fsp3) is 0.571. The van der Waals surface area contributed by atoms with Crippen LogP contribution in [0.2, 0.25) is 0 Å². The van der Waals surface area contributed by atoms with E-state index in [1.54, 1.807) is 11.8 Å². The Balaban J connectivity index is 1.61. The van der Waals surface area contributed by atoms with Crippen LogP contribution in [0.5, 0.6) is 0 Å². The maximum absolute atomic E-state index is 13.3. The molecule has 2 aliphatic heterocycles. The predicted molar refractivity (Wildman–Crippen MR) is 98.9 cm³/mol. The minimum Gasteiger partial charge on any atom is -0.480 e. The second-order valence-corrected chi connectivity index (χ2v) is 7.67. The number of fused-ring (bicyclic) bond motifs is 3. The largest absolute Gasteiger partial charge is 0.480 e. The number of carboxylic acid groups (broad SMARTS) is 1. The van der Waals surface area contributed by atoms with Gasteiger partial charge in [-0.05, 0) is 50.5 Å². The summed E-state index contributed by atoms with van der Waals surface area (Å²) in [5.74, 6) is -1.62. The van der Waals surface area contributed by atoms with Gasteiger partial charge >= 0.3 is 5.97 Å². The van der Waals surface area contributed by atoms with E-state index in [1.807, 2.05) is 0 Å². The third-order valence-electron chi connectivity index (χ3n) is 6.25. The number of carbonyl (C=O) groups is 3. The zero-order valence-electron chi connectivity index (χ0n) is 20.2. The summed E-state index contributed by atoms with van der Waals surface area (Å²) in [6.07, 6.45) is 3.11. The van der Waals surface area contributed by atoms with Gasteiger partial charge in [0, 0.05) is 6.04 Å². The average Bonchev–Trinajstić information content (AvgIpc) is 3.34. The number of carbonyl (C=O) groups excluding carboxylic acids is 2. The standard InChI is InChI=1S/C21H26N2O4/c1-13-19(24)23-16-9-5-8-15(16)12-18(23)20(25)22(13)17(21(26)27)11-10-14-6-3-2-4-7-14/h2-4,6-7,13,15-18H,5,8-12H2,1H3,(H,26,27)/t13-,15-,16-,17+,18-/m0/s1/i2D,3D,4D,6D,7D. The summed E-state index contributed by atoms with van der Waals surface area (Å²) in [4.78, 5) is 41.5. The van der Waals surface area contributed by atoms with Crippen molar-refractivity contribution >= 4 is 17.8 Å². The number of nitrogens with zero attached hydrogens (tertiary/aromatic N) is 2. The number of benzene rings is 1. The number of rotatable bonds is 5. The molecule has 1 aliphatic carbocycles. The Morgan fingerprint density at radius 3 is 2.70 bits per heavy atom. The molecule has 0 spiro atoms. The molecule has 2 amide bonds. The van der Waals surface area contributed by atoms with E-state index in [-0.39, 0.29) is 54.3 Å². The van der Waals surface area contributed by atoms with Crippen LogP contribution in [0.25, 0.3) is 0 Å². The Hall–Kier alpha value is -2.37. The van der Waals surface area contributed by atoms with Gasteiger partial charge in [-0.1, -0.05) is 36.6 Å². The fourth-order valence-corrected chi connectivity index (χ4v) is 5.01. The Morgan fingerprint density at radius 1 is 1.26 bits per heavy atom. The second kappa shape index (κ2) is 6.98.